The fourth-order valence-corrected chi connectivity index (χ4v) is 3.83. The van der Waals surface area contributed by atoms with Gasteiger partial charge >= 0.3 is 0 Å². The molecule has 3 rings (SSSR count). The van der Waals surface area contributed by atoms with E-state index in [1.54, 1.807) is 0 Å². The van der Waals surface area contributed by atoms with Gasteiger partial charge in [0.1, 0.15) is 5.84 Å². The van der Waals surface area contributed by atoms with E-state index in [2.05, 4.69) is 17.0 Å². The number of piperidine rings is 1. The van der Waals surface area contributed by atoms with Gasteiger partial charge < -0.3 is 10.8 Å². The molecule has 2 fully saturated rings. The van der Waals surface area contributed by atoms with Crippen molar-refractivity contribution in [2.45, 2.75) is 44.2 Å². The largest absolute Gasteiger partial charge is 0.390 e. The van der Waals surface area contributed by atoms with Crippen molar-refractivity contribution in [2.75, 3.05) is 13.1 Å². The van der Waals surface area contributed by atoms with Crippen LogP contribution in [0.3, 0.4) is 0 Å². The minimum absolute atomic E-state index is 0.117. The Labute approximate surface area is 126 Å². The summed E-state index contributed by atoms with van der Waals surface area (Å²) in [5.74, 6) is 0.559. The van der Waals surface area contributed by atoms with Crippen molar-refractivity contribution in [2.24, 2.45) is 11.7 Å². The predicted molar refractivity (Wildman–Crippen MR) is 84.3 cm³/mol. The number of hydrogen-bond donors (Lipinski definition) is 3. The molecule has 2 unspecified atom stereocenters. The van der Waals surface area contributed by atoms with E-state index in [0.717, 1.165) is 44.5 Å². The molecule has 1 saturated carbocycles. The smallest absolute Gasteiger partial charge is 0.122 e. The van der Waals surface area contributed by atoms with Crippen LogP contribution in [-0.2, 0) is 6.54 Å². The normalized spacial score (nSPS) is 29.9. The van der Waals surface area contributed by atoms with E-state index in [0.29, 0.717) is 5.92 Å². The summed E-state index contributed by atoms with van der Waals surface area (Å²) in [5, 5.41) is 18.1. The fourth-order valence-electron chi connectivity index (χ4n) is 3.83. The highest BCUT2D eigenvalue weighted by atomic mass is 16.3. The van der Waals surface area contributed by atoms with Crippen LogP contribution < -0.4 is 5.73 Å². The first kappa shape index (κ1) is 14.5. The second-order valence-electron chi connectivity index (χ2n) is 6.64. The summed E-state index contributed by atoms with van der Waals surface area (Å²) in [4.78, 5) is 2.45. The number of hydrogen-bond acceptors (Lipinski definition) is 3. The monoisotopic (exact) mass is 287 g/mol. The topological polar surface area (TPSA) is 73.3 Å². The van der Waals surface area contributed by atoms with Gasteiger partial charge in [-0.15, -0.1) is 0 Å². The molecule has 1 aromatic carbocycles. The quantitative estimate of drug-likeness (QED) is 0.589. The number of nitrogens with one attached hydrogen (secondary N) is 1. The van der Waals surface area contributed by atoms with Gasteiger partial charge in [0.25, 0.3) is 0 Å². The SMILES string of the molecule is N=C(N)c1ccc(CN2CCC3(O)CCCCC3C2)cc1. The molecule has 114 valence electrons. The Bertz CT molecular complexity index is 513. The summed E-state index contributed by atoms with van der Waals surface area (Å²) in [5.41, 5.74) is 7.11. The zero-order valence-electron chi connectivity index (χ0n) is 12.5. The number of benzene rings is 1. The molecule has 2 atom stereocenters. The third-order valence-electron chi connectivity index (χ3n) is 5.18. The van der Waals surface area contributed by atoms with Gasteiger partial charge in [0.05, 0.1) is 5.60 Å². The van der Waals surface area contributed by atoms with Crippen LogP contribution in [0.15, 0.2) is 24.3 Å². The maximum absolute atomic E-state index is 10.7. The molecule has 1 saturated heterocycles. The molecule has 0 bridgehead atoms. The lowest BCUT2D eigenvalue weighted by Gasteiger charge is -2.47. The molecule has 4 N–H and O–H groups in total. The molecule has 1 aromatic rings. The molecular formula is C17H25N3O. The second-order valence-corrected chi connectivity index (χ2v) is 6.64. The Hall–Kier alpha value is -1.39. The Kier molecular flexibility index (Phi) is 4.00. The van der Waals surface area contributed by atoms with Crippen molar-refractivity contribution in [3.8, 4) is 0 Å². The summed E-state index contributed by atoms with van der Waals surface area (Å²) < 4.78 is 0. The number of nitrogen functional groups attached to an aromatic ring is 1. The molecule has 1 aliphatic heterocycles. The van der Waals surface area contributed by atoms with Crippen molar-refractivity contribution >= 4 is 5.84 Å². The molecule has 0 spiro atoms. The van der Waals surface area contributed by atoms with Gasteiger partial charge in [0.15, 0.2) is 0 Å². The van der Waals surface area contributed by atoms with E-state index >= 15 is 0 Å². The van der Waals surface area contributed by atoms with Crippen LogP contribution in [0, 0.1) is 11.3 Å². The molecule has 1 aliphatic carbocycles. The summed E-state index contributed by atoms with van der Waals surface area (Å²) in [6.45, 7) is 2.90. The Balaban J connectivity index is 1.62. The third kappa shape index (κ3) is 3.11. The first-order chi connectivity index (χ1) is 10.1. The van der Waals surface area contributed by atoms with Crippen LogP contribution in [-0.4, -0.2) is 34.5 Å². The number of nitrogens with two attached hydrogens (primary N) is 1. The van der Waals surface area contributed by atoms with E-state index in [1.807, 2.05) is 12.1 Å². The molecule has 2 aliphatic rings. The average molecular weight is 287 g/mol. The molecule has 0 aromatic heterocycles. The fraction of sp³-hybridized carbons (Fsp3) is 0.588. The van der Waals surface area contributed by atoms with Crippen LogP contribution in [0.1, 0.15) is 43.2 Å². The minimum atomic E-state index is -0.396. The zero-order valence-corrected chi connectivity index (χ0v) is 12.5. The van der Waals surface area contributed by atoms with Gasteiger partial charge in [-0.1, -0.05) is 37.1 Å². The van der Waals surface area contributed by atoms with Crippen LogP contribution in [0.5, 0.6) is 0 Å². The Morgan fingerprint density at radius 2 is 2.05 bits per heavy atom. The lowest BCUT2D eigenvalue weighted by Crippen LogP contribution is -2.52. The predicted octanol–water partition coefficient (Wildman–Crippen LogP) is 2.10. The first-order valence-electron chi connectivity index (χ1n) is 7.95. The van der Waals surface area contributed by atoms with E-state index in [1.165, 1.54) is 18.4 Å². The van der Waals surface area contributed by atoms with Crippen molar-refractivity contribution in [3.63, 3.8) is 0 Å². The average Bonchev–Trinajstić information content (AvgIpc) is 2.48. The molecular weight excluding hydrogens is 262 g/mol. The molecule has 4 heteroatoms. The second kappa shape index (κ2) is 5.78. The van der Waals surface area contributed by atoms with Crippen LogP contribution in [0.25, 0.3) is 0 Å². The van der Waals surface area contributed by atoms with Gasteiger partial charge in [0.2, 0.25) is 0 Å². The summed E-state index contributed by atoms with van der Waals surface area (Å²) >= 11 is 0. The molecule has 4 nitrogen and oxygen atoms in total. The Morgan fingerprint density at radius 1 is 1.29 bits per heavy atom. The number of fused-ring (bicyclic) bond motifs is 1. The lowest BCUT2D eigenvalue weighted by molar-refractivity contribution is -0.0967. The molecule has 1 heterocycles. The number of aliphatic hydroxyl groups is 1. The number of nitrogens with zero attached hydrogens (tertiary/aromatic N) is 1. The van der Waals surface area contributed by atoms with E-state index < -0.39 is 5.60 Å². The lowest BCUT2D eigenvalue weighted by atomic mass is 9.71. The maximum atomic E-state index is 10.7. The summed E-state index contributed by atoms with van der Waals surface area (Å²) in [7, 11) is 0. The molecule has 0 radical (unpaired) electrons. The zero-order chi connectivity index (χ0) is 14.9. The Morgan fingerprint density at radius 3 is 2.76 bits per heavy atom. The van der Waals surface area contributed by atoms with Crippen molar-refractivity contribution in [3.05, 3.63) is 35.4 Å². The standard InChI is InChI=1S/C17H25N3O/c18-16(19)14-6-4-13(5-7-14)11-20-10-9-17(21)8-2-1-3-15(17)12-20/h4-7,15,21H,1-3,8-12H2,(H3,18,19). The van der Waals surface area contributed by atoms with Gasteiger partial charge in [-0.2, -0.15) is 0 Å². The van der Waals surface area contributed by atoms with Gasteiger partial charge in [-0.25, -0.2) is 0 Å². The van der Waals surface area contributed by atoms with Crippen molar-refractivity contribution in [1.82, 2.24) is 4.90 Å². The van der Waals surface area contributed by atoms with Gasteiger partial charge in [-0.3, -0.25) is 10.3 Å². The van der Waals surface area contributed by atoms with E-state index in [9.17, 15) is 5.11 Å². The minimum Gasteiger partial charge on any atom is -0.390 e. The van der Waals surface area contributed by atoms with Gasteiger partial charge in [-0.05, 0) is 24.8 Å². The number of rotatable bonds is 3. The molecule has 21 heavy (non-hydrogen) atoms. The summed E-state index contributed by atoms with van der Waals surface area (Å²) in [6.07, 6.45) is 5.49. The highest BCUT2D eigenvalue weighted by Crippen LogP contribution is 2.39. The van der Waals surface area contributed by atoms with Crippen LogP contribution in [0.4, 0.5) is 0 Å². The van der Waals surface area contributed by atoms with Crippen molar-refractivity contribution in [1.29, 1.82) is 5.41 Å². The van der Waals surface area contributed by atoms with E-state index in [-0.39, 0.29) is 5.84 Å². The van der Waals surface area contributed by atoms with Crippen molar-refractivity contribution < 1.29 is 5.11 Å². The number of amidine groups is 1. The third-order valence-corrected chi connectivity index (χ3v) is 5.18. The van der Waals surface area contributed by atoms with Crippen LogP contribution in [0.2, 0.25) is 0 Å². The maximum Gasteiger partial charge on any atom is 0.122 e. The molecule has 0 amide bonds. The highest BCUT2D eigenvalue weighted by Gasteiger charge is 2.42. The number of likely N-dealkylation sites (tertiary alicyclic amines) is 1. The van der Waals surface area contributed by atoms with Crippen LogP contribution >= 0.6 is 0 Å². The van der Waals surface area contributed by atoms with Gasteiger partial charge in [0, 0.05) is 31.1 Å². The first-order valence-corrected chi connectivity index (χ1v) is 7.95. The highest BCUT2D eigenvalue weighted by molar-refractivity contribution is 5.94. The summed E-state index contributed by atoms with van der Waals surface area (Å²) in [6, 6.07) is 7.94. The van der Waals surface area contributed by atoms with E-state index in [4.69, 9.17) is 11.1 Å².